The number of carbonyl (C=O) groups excluding carboxylic acids is 1. The first kappa shape index (κ1) is 12.4. The minimum absolute atomic E-state index is 0.434. The van der Waals surface area contributed by atoms with Gasteiger partial charge in [-0.05, 0) is 5.56 Å². The monoisotopic (exact) mass is 223 g/mol. The zero-order valence-corrected chi connectivity index (χ0v) is 9.80. The Labute approximate surface area is 94.9 Å². The Kier molecular flexibility index (Phi) is 3.49. The SMILES string of the molecule is C=Cn1cc(C(C)(C)C(N)C(=O)OC)cn1. The molecule has 16 heavy (non-hydrogen) atoms. The first-order valence-corrected chi connectivity index (χ1v) is 4.94. The van der Waals surface area contributed by atoms with E-state index >= 15 is 0 Å². The lowest BCUT2D eigenvalue weighted by Gasteiger charge is -2.28. The number of aromatic nitrogens is 2. The van der Waals surface area contributed by atoms with Gasteiger partial charge in [-0.2, -0.15) is 5.10 Å². The van der Waals surface area contributed by atoms with E-state index in [4.69, 9.17) is 5.73 Å². The van der Waals surface area contributed by atoms with Crippen molar-refractivity contribution in [3.05, 3.63) is 24.5 Å². The summed E-state index contributed by atoms with van der Waals surface area (Å²) in [5.41, 5.74) is 6.18. The second kappa shape index (κ2) is 4.49. The van der Waals surface area contributed by atoms with E-state index in [2.05, 4.69) is 16.4 Å². The predicted octanol–water partition coefficient (Wildman–Crippen LogP) is 0.761. The van der Waals surface area contributed by atoms with Gasteiger partial charge in [0, 0.05) is 17.8 Å². The molecule has 0 aliphatic carbocycles. The molecule has 0 bridgehead atoms. The molecule has 0 saturated carbocycles. The minimum Gasteiger partial charge on any atom is -0.468 e. The summed E-state index contributed by atoms with van der Waals surface area (Å²) in [4.78, 5) is 11.4. The van der Waals surface area contributed by atoms with Gasteiger partial charge in [-0.15, -0.1) is 0 Å². The smallest absolute Gasteiger partial charge is 0.323 e. The van der Waals surface area contributed by atoms with E-state index in [-0.39, 0.29) is 0 Å². The lowest BCUT2D eigenvalue weighted by molar-refractivity contribution is -0.143. The van der Waals surface area contributed by atoms with Crippen LogP contribution in [0.15, 0.2) is 19.0 Å². The van der Waals surface area contributed by atoms with Crippen LogP contribution in [0.25, 0.3) is 6.20 Å². The summed E-state index contributed by atoms with van der Waals surface area (Å²) >= 11 is 0. The maximum atomic E-state index is 11.4. The highest BCUT2D eigenvalue weighted by Gasteiger charge is 2.35. The molecule has 1 atom stereocenters. The molecule has 0 radical (unpaired) electrons. The normalized spacial score (nSPS) is 13.2. The van der Waals surface area contributed by atoms with Crippen molar-refractivity contribution in [2.75, 3.05) is 7.11 Å². The molecule has 0 fully saturated rings. The zero-order chi connectivity index (χ0) is 12.3. The lowest BCUT2D eigenvalue weighted by atomic mass is 9.80. The van der Waals surface area contributed by atoms with Crippen LogP contribution in [0.2, 0.25) is 0 Å². The molecule has 1 aromatic heterocycles. The Bertz CT molecular complexity index is 396. The van der Waals surface area contributed by atoms with E-state index in [0.717, 1.165) is 5.56 Å². The van der Waals surface area contributed by atoms with Crippen LogP contribution in [-0.2, 0) is 14.9 Å². The van der Waals surface area contributed by atoms with Gasteiger partial charge in [-0.25, -0.2) is 4.68 Å². The van der Waals surface area contributed by atoms with Gasteiger partial charge in [0.15, 0.2) is 0 Å². The standard InChI is InChI=1S/C11H17N3O2/c1-5-14-7-8(6-13-14)11(2,3)9(12)10(15)16-4/h5-7,9H,1,12H2,2-4H3. The number of methoxy groups -OCH3 is 1. The fourth-order valence-electron chi connectivity index (χ4n) is 1.37. The van der Waals surface area contributed by atoms with E-state index < -0.39 is 17.4 Å². The molecule has 0 saturated heterocycles. The third-order valence-corrected chi connectivity index (χ3v) is 2.77. The molecule has 5 nitrogen and oxygen atoms in total. The summed E-state index contributed by atoms with van der Waals surface area (Å²) < 4.78 is 6.21. The molecule has 1 unspecified atom stereocenters. The van der Waals surface area contributed by atoms with Gasteiger partial charge in [-0.1, -0.05) is 20.4 Å². The number of hydrogen-bond donors (Lipinski definition) is 1. The molecule has 0 amide bonds. The third kappa shape index (κ3) is 2.14. The summed E-state index contributed by atoms with van der Waals surface area (Å²) in [5, 5.41) is 4.06. The Morgan fingerprint density at radius 2 is 2.38 bits per heavy atom. The van der Waals surface area contributed by atoms with Gasteiger partial charge in [0.1, 0.15) is 6.04 Å². The van der Waals surface area contributed by atoms with Crippen molar-refractivity contribution < 1.29 is 9.53 Å². The molecule has 0 aromatic carbocycles. The number of carbonyl (C=O) groups is 1. The van der Waals surface area contributed by atoms with Crippen LogP contribution >= 0.6 is 0 Å². The summed E-state index contributed by atoms with van der Waals surface area (Å²) in [6, 6.07) is -0.722. The highest BCUT2D eigenvalue weighted by Crippen LogP contribution is 2.26. The Morgan fingerprint density at radius 1 is 1.75 bits per heavy atom. The van der Waals surface area contributed by atoms with E-state index in [0.29, 0.717) is 0 Å². The first-order valence-electron chi connectivity index (χ1n) is 4.94. The summed E-state index contributed by atoms with van der Waals surface area (Å²) in [5.74, 6) is -0.434. The molecule has 5 heteroatoms. The van der Waals surface area contributed by atoms with Crippen molar-refractivity contribution >= 4 is 12.2 Å². The maximum Gasteiger partial charge on any atom is 0.323 e. The van der Waals surface area contributed by atoms with Crippen molar-refractivity contribution in [1.29, 1.82) is 0 Å². The number of ether oxygens (including phenoxy) is 1. The molecule has 1 rings (SSSR count). The van der Waals surface area contributed by atoms with Crippen molar-refractivity contribution in [3.63, 3.8) is 0 Å². The van der Waals surface area contributed by atoms with Crippen molar-refractivity contribution in [1.82, 2.24) is 9.78 Å². The molecule has 88 valence electrons. The third-order valence-electron chi connectivity index (χ3n) is 2.77. The summed E-state index contributed by atoms with van der Waals surface area (Å²) in [6.07, 6.45) is 5.03. The van der Waals surface area contributed by atoms with Crippen molar-refractivity contribution in [3.8, 4) is 0 Å². The van der Waals surface area contributed by atoms with Gasteiger partial charge < -0.3 is 10.5 Å². The van der Waals surface area contributed by atoms with Crippen LogP contribution in [0.1, 0.15) is 19.4 Å². The number of hydrogen-bond acceptors (Lipinski definition) is 4. The van der Waals surface area contributed by atoms with Gasteiger partial charge >= 0.3 is 5.97 Å². The average molecular weight is 223 g/mol. The number of rotatable bonds is 4. The molecule has 2 N–H and O–H groups in total. The molecule has 1 heterocycles. The van der Waals surface area contributed by atoms with E-state index in [1.54, 1.807) is 23.3 Å². The second-order valence-corrected chi connectivity index (χ2v) is 4.11. The van der Waals surface area contributed by atoms with E-state index in [1.807, 2.05) is 13.8 Å². The highest BCUT2D eigenvalue weighted by atomic mass is 16.5. The number of nitrogens with two attached hydrogens (primary N) is 1. The fraction of sp³-hybridized carbons (Fsp3) is 0.455. The molecular weight excluding hydrogens is 206 g/mol. The van der Waals surface area contributed by atoms with Crippen LogP contribution in [0, 0.1) is 0 Å². The predicted molar refractivity (Wildman–Crippen MR) is 61.6 cm³/mol. The summed E-state index contributed by atoms with van der Waals surface area (Å²) in [6.45, 7) is 7.35. The molecule has 1 aromatic rings. The van der Waals surface area contributed by atoms with Crippen LogP contribution in [0.3, 0.4) is 0 Å². The van der Waals surface area contributed by atoms with Crippen LogP contribution in [-0.4, -0.2) is 28.9 Å². The van der Waals surface area contributed by atoms with Gasteiger partial charge in [-0.3, -0.25) is 4.79 Å². The van der Waals surface area contributed by atoms with Crippen LogP contribution in [0.5, 0.6) is 0 Å². The first-order chi connectivity index (χ1) is 7.43. The van der Waals surface area contributed by atoms with Crippen molar-refractivity contribution in [2.24, 2.45) is 5.73 Å². The van der Waals surface area contributed by atoms with Gasteiger partial charge in [0.2, 0.25) is 0 Å². The van der Waals surface area contributed by atoms with E-state index in [1.165, 1.54) is 7.11 Å². The Balaban J connectivity index is 3.00. The average Bonchev–Trinajstić information content (AvgIpc) is 2.75. The number of esters is 1. The molecule has 0 spiro atoms. The largest absolute Gasteiger partial charge is 0.468 e. The zero-order valence-electron chi connectivity index (χ0n) is 9.80. The highest BCUT2D eigenvalue weighted by molar-refractivity contribution is 5.77. The van der Waals surface area contributed by atoms with Crippen LogP contribution < -0.4 is 5.73 Å². The van der Waals surface area contributed by atoms with Gasteiger partial charge in [0.25, 0.3) is 0 Å². The quantitative estimate of drug-likeness (QED) is 0.765. The Hall–Kier alpha value is -1.62. The number of nitrogens with zero attached hydrogens (tertiary/aromatic N) is 2. The topological polar surface area (TPSA) is 70.1 Å². The maximum absolute atomic E-state index is 11.4. The molecule has 0 aliphatic rings. The van der Waals surface area contributed by atoms with E-state index in [9.17, 15) is 4.79 Å². The fourth-order valence-corrected chi connectivity index (χ4v) is 1.37. The molecule has 0 aliphatic heterocycles. The Morgan fingerprint density at radius 3 is 2.81 bits per heavy atom. The summed E-state index contributed by atoms with van der Waals surface area (Å²) in [7, 11) is 1.32. The lowest BCUT2D eigenvalue weighted by Crippen LogP contribution is -2.47. The minimum atomic E-state index is -0.722. The van der Waals surface area contributed by atoms with Crippen LogP contribution in [0.4, 0.5) is 0 Å². The second-order valence-electron chi connectivity index (χ2n) is 4.11. The molecular formula is C11H17N3O2. The van der Waals surface area contributed by atoms with Crippen molar-refractivity contribution in [2.45, 2.75) is 25.3 Å². The van der Waals surface area contributed by atoms with Gasteiger partial charge in [0.05, 0.1) is 13.3 Å².